The van der Waals surface area contributed by atoms with E-state index in [4.69, 9.17) is 6.64 Å². The Morgan fingerprint density at radius 1 is 0.833 bits per heavy atom. The van der Waals surface area contributed by atoms with Gasteiger partial charge < -0.3 is 0 Å². The van der Waals surface area contributed by atoms with Crippen molar-refractivity contribution in [2.24, 2.45) is 0 Å². The van der Waals surface area contributed by atoms with Crippen molar-refractivity contribution in [1.29, 1.82) is 0 Å². The number of hydrogen-bond acceptors (Lipinski definition) is 3. The first-order valence-corrected chi connectivity index (χ1v) is 11.6. The second-order valence-corrected chi connectivity index (χ2v) is 12.5. The maximum absolute atomic E-state index is 13.6. The van der Waals surface area contributed by atoms with Crippen LogP contribution >= 0.6 is 0 Å². The molecule has 0 spiro atoms. The van der Waals surface area contributed by atoms with Gasteiger partial charge >= 0.3 is 115 Å². The molecule has 0 atom stereocenters. The standard InChI is InChI=1S/2C4H9.2C3H7O.O.Ti/c2*1-3-4-2;2*1-3(2)4;;/h2*1,3-4H2,2H3;2*3H,1-2H3;;/q;;2*-1;;+2. The Kier molecular flexibility index (Phi) is 8.08. The number of unbranched alkanes of at least 4 members (excludes halogenated alkanes) is 2. The summed E-state index contributed by atoms with van der Waals surface area (Å²) in [5.74, 6) is 0. The normalized spacial score (nSPS) is 13.6. The first-order valence-electron chi connectivity index (χ1n) is 7.51. The quantitative estimate of drug-likeness (QED) is 0.524. The Bertz CT molecular complexity index is 257. The Morgan fingerprint density at radius 2 is 1.17 bits per heavy atom. The molecule has 0 saturated carbocycles. The van der Waals surface area contributed by atoms with Crippen LogP contribution in [0.25, 0.3) is 0 Å². The maximum atomic E-state index is 13.6. The topological polar surface area (TPSA) is 35.5 Å². The molecule has 0 N–H and O–H groups in total. The molecule has 0 saturated heterocycles. The van der Waals surface area contributed by atoms with Gasteiger partial charge in [0.2, 0.25) is 0 Å². The SMILES string of the molecule is CCC[CH2][Ti](=[O])([CH2]CCC)([O]C(C)C)[O]C(C)C. The van der Waals surface area contributed by atoms with Gasteiger partial charge in [0.05, 0.1) is 0 Å². The summed E-state index contributed by atoms with van der Waals surface area (Å²) in [6.45, 7) is 12.0. The Balaban J connectivity index is 5.15. The number of rotatable bonds is 10. The van der Waals surface area contributed by atoms with E-state index in [1.165, 1.54) is 0 Å². The van der Waals surface area contributed by atoms with Gasteiger partial charge in [0.15, 0.2) is 0 Å². The van der Waals surface area contributed by atoms with Crippen LogP contribution in [0.15, 0.2) is 0 Å². The van der Waals surface area contributed by atoms with Gasteiger partial charge in [0.1, 0.15) is 0 Å². The fourth-order valence-corrected chi connectivity index (χ4v) is 10.2. The molecule has 0 radical (unpaired) electrons. The minimum absolute atomic E-state index is 0.0352. The van der Waals surface area contributed by atoms with E-state index in [0.717, 1.165) is 25.7 Å². The van der Waals surface area contributed by atoms with E-state index in [2.05, 4.69) is 13.8 Å². The molecule has 0 bridgehead atoms. The van der Waals surface area contributed by atoms with Crippen LogP contribution < -0.4 is 0 Å². The first kappa shape index (κ1) is 18.4. The zero-order chi connectivity index (χ0) is 14.3. The third kappa shape index (κ3) is 6.56. The van der Waals surface area contributed by atoms with Crippen LogP contribution in [0.4, 0.5) is 0 Å². The molecule has 0 aliphatic rings. The molecule has 0 aliphatic carbocycles. The minimum atomic E-state index is -4.47. The van der Waals surface area contributed by atoms with Crippen molar-refractivity contribution in [1.82, 2.24) is 0 Å². The van der Waals surface area contributed by atoms with E-state index in [9.17, 15) is 3.32 Å². The molecule has 0 fully saturated rings. The van der Waals surface area contributed by atoms with Gasteiger partial charge in [-0.2, -0.15) is 0 Å². The molecule has 0 amide bonds. The molecule has 0 heterocycles. The summed E-state index contributed by atoms with van der Waals surface area (Å²) in [5, 5.41) is 0. The molecule has 0 aromatic heterocycles. The molecule has 0 rings (SSSR count). The van der Waals surface area contributed by atoms with E-state index in [1.807, 2.05) is 27.7 Å². The second-order valence-electron chi connectivity index (χ2n) is 5.91. The van der Waals surface area contributed by atoms with Crippen LogP contribution in [0.5, 0.6) is 0 Å². The van der Waals surface area contributed by atoms with Crippen molar-refractivity contribution in [2.75, 3.05) is 0 Å². The van der Waals surface area contributed by atoms with Crippen LogP contribution in [0.1, 0.15) is 67.2 Å². The summed E-state index contributed by atoms with van der Waals surface area (Å²) in [6.07, 6.45) is 3.82. The van der Waals surface area contributed by atoms with Crippen molar-refractivity contribution in [3.05, 3.63) is 0 Å². The molecular formula is C14H32O3Ti. The van der Waals surface area contributed by atoms with Gasteiger partial charge in [-0.3, -0.25) is 0 Å². The van der Waals surface area contributed by atoms with Gasteiger partial charge in [-0.05, 0) is 0 Å². The summed E-state index contributed by atoms with van der Waals surface area (Å²) < 4.78 is 26.7. The molecule has 0 aliphatic heterocycles. The van der Waals surface area contributed by atoms with E-state index in [-0.39, 0.29) is 12.2 Å². The Labute approximate surface area is 115 Å². The first-order chi connectivity index (χ1) is 8.25. The summed E-state index contributed by atoms with van der Waals surface area (Å²) in [5.41, 5.74) is 0. The van der Waals surface area contributed by atoms with Crippen molar-refractivity contribution in [3.8, 4) is 0 Å². The zero-order valence-corrected chi connectivity index (χ0v) is 14.7. The summed E-state index contributed by atoms with van der Waals surface area (Å²) in [6, 6.07) is 0. The van der Waals surface area contributed by atoms with E-state index in [0.29, 0.717) is 9.45 Å². The molecule has 0 aromatic rings. The van der Waals surface area contributed by atoms with Gasteiger partial charge in [0.25, 0.3) is 0 Å². The monoisotopic (exact) mass is 296 g/mol. The van der Waals surface area contributed by atoms with Crippen LogP contribution in [0, 0.1) is 0 Å². The molecule has 3 nitrogen and oxygen atoms in total. The fraction of sp³-hybridized carbons (Fsp3) is 1.00. The van der Waals surface area contributed by atoms with Crippen molar-refractivity contribution in [3.63, 3.8) is 0 Å². The van der Waals surface area contributed by atoms with Crippen molar-refractivity contribution >= 4 is 0 Å². The van der Waals surface area contributed by atoms with Crippen LogP contribution in [0.2, 0.25) is 9.45 Å². The van der Waals surface area contributed by atoms with Crippen molar-refractivity contribution < 1.29 is 26.0 Å². The van der Waals surface area contributed by atoms with E-state index < -0.39 is 16.1 Å². The van der Waals surface area contributed by atoms with Crippen molar-refractivity contribution in [2.45, 2.75) is 88.9 Å². The van der Waals surface area contributed by atoms with Crippen LogP contribution in [0.3, 0.4) is 0 Å². The van der Waals surface area contributed by atoms with E-state index >= 15 is 0 Å². The molecular weight excluding hydrogens is 264 g/mol. The molecule has 0 aromatic carbocycles. The Morgan fingerprint density at radius 3 is 1.39 bits per heavy atom. The van der Waals surface area contributed by atoms with E-state index in [1.54, 1.807) is 0 Å². The van der Waals surface area contributed by atoms with Crippen LogP contribution in [-0.4, -0.2) is 12.2 Å². The predicted molar refractivity (Wildman–Crippen MR) is 72.6 cm³/mol. The molecule has 110 valence electrons. The number of hydrogen-bond donors (Lipinski definition) is 0. The van der Waals surface area contributed by atoms with Gasteiger partial charge in [-0.15, -0.1) is 0 Å². The average Bonchev–Trinajstić information content (AvgIpc) is 2.22. The summed E-state index contributed by atoms with van der Waals surface area (Å²) in [7, 11) is 0. The van der Waals surface area contributed by atoms with Crippen LogP contribution in [-0.2, 0) is 26.0 Å². The Hall–Kier alpha value is 0.434. The molecule has 4 heteroatoms. The average molecular weight is 296 g/mol. The molecule has 0 unspecified atom stereocenters. The molecule has 18 heavy (non-hydrogen) atoms. The fourth-order valence-electron chi connectivity index (χ4n) is 2.48. The zero-order valence-electron chi connectivity index (χ0n) is 13.1. The predicted octanol–water partition coefficient (Wildman–Crippen LogP) is 5.14. The van der Waals surface area contributed by atoms with Gasteiger partial charge in [0, 0.05) is 0 Å². The van der Waals surface area contributed by atoms with Gasteiger partial charge in [-0.1, -0.05) is 0 Å². The summed E-state index contributed by atoms with van der Waals surface area (Å²) >= 11 is -4.47. The summed E-state index contributed by atoms with van der Waals surface area (Å²) in [4.78, 5) is 0. The van der Waals surface area contributed by atoms with Gasteiger partial charge in [-0.25, -0.2) is 0 Å². The third-order valence-electron chi connectivity index (χ3n) is 3.02. The second kappa shape index (κ2) is 7.89. The third-order valence-corrected chi connectivity index (χ3v) is 10.3.